The highest BCUT2D eigenvalue weighted by atomic mass is 32.1. The van der Waals surface area contributed by atoms with E-state index in [2.05, 4.69) is 29.0 Å². The van der Waals surface area contributed by atoms with Gasteiger partial charge in [0.05, 0.1) is 16.8 Å². The lowest BCUT2D eigenvalue weighted by Gasteiger charge is -1.86. The number of hydrogen-bond acceptors (Lipinski definition) is 3. The summed E-state index contributed by atoms with van der Waals surface area (Å²) in [5.74, 6) is 0. The van der Waals surface area contributed by atoms with E-state index in [1.807, 2.05) is 16.8 Å². The van der Waals surface area contributed by atoms with Crippen molar-refractivity contribution in [1.82, 2.24) is 14.4 Å². The zero-order valence-corrected chi connectivity index (χ0v) is 9.03. The van der Waals surface area contributed by atoms with Crippen LogP contribution in [0.2, 0.25) is 0 Å². The quantitative estimate of drug-likeness (QED) is 0.624. The summed E-state index contributed by atoms with van der Waals surface area (Å²) < 4.78 is 1.98. The maximum atomic E-state index is 4.51. The third-order valence-corrected chi connectivity index (χ3v) is 3.28. The molecule has 0 unspecified atom stereocenters. The summed E-state index contributed by atoms with van der Waals surface area (Å²) >= 11 is 1.76. The van der Waals surface area contributed by atoms with Crippen LogP contribution in [0, 0.1) is 6.92 Å². The molecule has 3 aromatic rings. The fourth-order valence-corrected chi connectivity index (χ4v) is 2.36. The monoisotopic (exact) mass is 215 g/mol. The highest BCUT2D eigenvalue weighted by Gasteiger charge is 2.05. The van der Waals surface area contributed by atoms with Crippen LogP contribution in [0.3, 0.4) is 0 Å². The first-order valence-corrected chi connectivity index (χ1v) is 5.50. The third-order valence-electron chi connectivity index (χ3n) is 2.26. The van der Waals surface area contributed by atoms with Crippen molar-refractivity contribution < 1.29 is 0 Å². The molecule has 0 atom stereocenters. The molecular weight excluding hydrogens is 206 g/mol. The van der Waals surface area contributed by atoms with E-state index in [-0.39, 0.29) is 0 Å². The van der Waals surface area contributed by atoms with E-state index in [1.165, 1.54) is 9.75 Å². The number of imidazole rings is 1. The molecule has 0 aromatic carbocycles. The number of nitrogens with zero attached hydrogens (tertiary/aromatic N) is 3. The van der Waals surface area contributed by atoms with Gasteiger partial charge in [-0.25, -0.2) is 4.98 Å². The van der Waals surface area contributed by atoms with Crippen LogP contribution in [-0.4, -0.2) is 14.4 Å². The van der Waals surface area contributed by atoms with Gasteiger partial charge >= 0.3 is 0 Å². The molecule has 0 bridgehead atoms. The molecule has 3 aromatic heterocycles. The van der Waals surface area contributed by atoms with Crippen LogP contribution in [0.5, 0.6) is 0 Å². The molecule has 3 rings (SSSR count). The van der Waals surface area contributed by atoms with Crippen LogP contribution in [-0.2, 0) is 0 Å². The first-order chi connectivity index (χ1) is 7.33. The molecule has 0 spiro atoms. The SMILES string of the molecule is Cc1ccc(-c2cn3ccncc3n2)s1. The maximum absolute atomic E-state index is 4.51. The Labute approximate surface area is 91.1 Å². The van der Waals surface area contributed by atoms with Crippen LogP contribution < -0.4 is 0 Å². The summed E-state index contributed by atoms with van der Waals surface area (Å²) in [6.07, 6.45) is 7.47. The van der Waals surface area contributed by atoms with E-state index < -0.39 is 0 Å². The van der Waals surface area contributed by atoms with Crippen LogP contribution in [0.1, 0.15) is 4.88 Å². The van der Waals surface area contributed by atoms with Gasteiger partial charge in [0.15, 0.2) is 5.65 Å². The average Bonchev–Trinajstić information content (AvgIpc) is 2.82. The summed E-state index contributed by atoms with van der Waals surface area (Å²) in [6.45, 7) is 2.10. The number of rotatable bonds is 1. The van der Waals surface area contributed by atoms with Crippen molar-refractivity contribution in [2.24, 2.45) is 0 Å². The average molecular weight is 215 g/mol. The molecule has 0 aliphatic rings. The van der Waals surface area contributed by atoms with Gasteiger partial charge < -0.3 is 4.40 Å². The van der Waals surface area contributed by atoms with Gasteiger partial charge in [-0.05, 0) is 19.1 Å². The van der Waals surface area contributed by atoms with Gasteiger partial charge in [0.1, 0.15) is 0 Å². The molecule has 0 N–H and O–H groups in total. The van der Waals surface area contributed by atoms with Gasteiger partial charge in [-0.2, -0.15) is 0 Å². The molecule has 3 nitrogen and oxygen atoms in total. The molecular formula is C11H9N3S. The molecule has 0 saturated heterocycles. The Morgan fingerprint density at radius 2 is 2.27 bits per heavy atom. The molecule has 3 heterocycles. The van der Waals surface area contributed by atoms with Crippen molar-refractivity contribution in [1.29, 1.82) is 0 Å². The van der Waals surface area contributed by atoms with Crippen LogP contribution in [0.4, 0.5) is 0 Å². The maximum Gasteiger partial charge on any atom is 0.156 e. The zero-order chi connectivity index (χ0) is 10.3. The Morgan fingerprint density at radius 3 is 3.00 bits per heavy atom. The second-order valence-corrected chi connectivity index (χ2v) is 4.67. The van der Waals surface area contributed by atoms with Gasteiger partial charge in [0.25, 0.3) is 0 Å². The van der Waals surface area contributed by atoms with Crippen molar-refractivity contribution in [3.8, 4) is 10.6 Å². The highest BCUT2D eigenvalue weighted by Crippen LogP contribution is 2.26. The fourth-order valence-electron chi connectivity index (χ4n) is 1.53. The Balaban J connectivity index is 2.19. The molecule has 0 aliphatic carbocycles. The number of aromatic nitrogens is 3. The normalized spacial score (nSPS) is 11.0. The minimum absolute atomic E-state index is 0.888. The summed E-state index contributed by atoms with van der Waals surface area (Å²) in [5, 5.41) is 0. The van der Waals surface area contributed by atoms with E-state index in [4.69, 9.17) is 0 Å². The van der Waals surface area contributed by atoms with Crippen molar-refractivity contribution in [2.75, 3.05) is 0 Å². The van der Waals surface area contributed by atoms with E-state index in [0.717, 1.165) is 11.3 Å². The summed E-state index contributed by atoms with van der Waals surface area (Å²) in [5.41, 5.74) is 1.90. The first-order valence-electron chi connectivity index (χ1n) is 4.68. The Kier molecular flexibility index (Phi) is 1.82. The lowest BCUT2D eigenvalue weighted by molar-refractivity contribution is 1.13. The summed E-state index contributed by atoms with van der Waals surface area (Å²) in [4.78, 5) is 11.1. The summed E-state index contributed by atoms with van der Waals surface area (Å²) in [6, 6.07) is 4.22. The van der Waals surface area contributed by atoms with Crippen LogP contribution in [0.25, 0.3) is 16.2 Å². The second kappa shape index (κ2) is 3.17. The fraction of sp³-hybridized carbons (Fsp3) is 0.0909. The van der Waals surface area contributed by atoms with E-state index in [0.29, 0.717) is 0 Å². The lowest BCUT2D eigenvalue weighted by atomic mass is 10.4. The largest absolute Gasteiger partial charge is 0.304 e. The third kappa shape index (κ3) is 1.43. The second-order valence-electron chi connectivity index (χ2n) is 3.38. The van der Waals surface area contributed by atoms with Crippen LogP contribution >= 0.6 is 11.3 Å². The summed E-state index contributed by atoms with van der Waals surface area (Å²) in [7, 11) is 0. The van der Waals surface area contributed by atoms with Gasteiger partial charge in [0.2, 0.25) is 0 Å². The topological polar surface area (TPSA) is 30.2 Å². The number of thiophene rings is 1. The Morgan fingerprint density at radius 1 is 1.33 bits per heavy atom. The van der Waals surface area contributed by atoms with Crippen molar-refractivity contribution in [3.05, 3.63) is 41.8 Å². The Hall–Kier alpha value is -1.68. The van der Waals surface area contributed by atoms with Gasteiger partial charge in [0, 0.05) is 23.5 Å². The number of fused-ring (bicyclic) bond motifs is 1. The van der Waals surface area contributed by atoms with Crippen molar-refractivity contribution in [3.63, 3.8) is 0 Å². The minimum atomic E-state index is 0.888. The molecule has 0 aliphatic heterocycles. The molecule has 0 radical (unpaired) electrons. The van der Waals surface area contributed by atoms with Crippen molar-refractivity contribution in [2.45, 2.75) is 6.92 Å². The molecule has 0 amide bonds. The predicted molar refractivity (Wildman–Crippen MR) is 61.0 cm³/mol. The first kappa shape index (κ1) is 8.61. The van der Waals surface area contributed by atoms with E-state index in [1.54, 1.807) is 23.7 Å². The highest BCUT2D eigenvalue weighted by molar-refractivity contribution is 7.15. The van der Waals surface area contributed by atoms with Gasteiger partial charge in [-0.15, -0.1) is 11.3 Å². The van der Waals surface area contributed by atoms with E-state index in [9.17, 15) is 0 Å². The predicted octanol–water partition coefficient (Wildman–Crippen LogP) is 2.77. The number of aryl methyl sites for hydroxylation is 1. The Bertz CT molecular complexity index is 576. The lowest BCUT2D eigenvalue weighted by Crippen LogP contribution is -1.81. The zero-order valence-electron chi connectivity index (χ0n) is 8.21. The molecule has 74 valence electrons. The van der Waals surface area contributed by atoms with Crippen LogP contribution in [0.15, 0.2) is 36.9 Å². The molecule has 0 fully saturated rings. The smallest absolute Gasteiger partial charge is 0.156 e. The van der Waals surface area contributed by atoms with Gasteiger partial charge in [-0.1, -0.05) is 0 Å². The number of hydrogen-bond donors (Lipinski definition) is 0. The molecule has 4 heteroatoms. The minimum Gasteiger partial charge on any atom is -0.304 e. The molecule has 15 heavy (non-hydrogen) atoms. The van der Waals surface area contributed by atoms with Gasteiger partial charge in [-0.3, -0.25) is 4.98 Å². The van der Waals surface area contributed by atoms with Crippen molar-refractivity contribution >= 4 is 17.0 Å². The van der Waals surface area contributed by atoms with E-state index >= 15 is 0 Å². The molecule has 0 saturated carbocycles. The standard InChI is InChI=1S/C11H9N3S/c1-8-2-3-10(15-8)9-7-14-5-4-12-6-11(14)13-9/h2-7H,1H3.